The van der Waals surface area contributed by atoms with Crippen molar-refractivity contribution in [2.75, 3.05) is 45.3 Å². The van der Waals surface area contributed by atoms with E-state index in [0.29, 0.717) is 6.61 Å². The second kappa shape index (κ2) is 22.0. The first-order chi connectivity index (χ1) is 12.1. The lowest BCUT2D eigenvalue weighted by molar-refractivity contribution is -0.888. The highest BCUT2D eigenvalue weighted by Crippen LogP contribution is 2.14. The maximum Gasteiger partial charge on any atom is 0.102 e. The molecule has 0 bridgehead atoms. The predicted octanol–water partition coefficient (Wildman–Crippen LogP) is 3.27. The second-order valence-electron chi connectivity index (χ2n) is 8.32. The molecule has 0 rings (SSSR count). The predicted molar refractivity (Wildman–Crippen MR) is 117 cm³/mol. The third-order valence-electron chi connectivity index (χ3n) is 5.19. The van der Waals surface area contributed by atoms with Gasteiger partial charge in [0.05, 0.1) is 27.2 Å². The Morgan fingerprint density at radius 2 is 1.04 bits per heavy atom. The molecule has 0 amide bonds. The number of hydrogen-bond acceptors (Lipinski definition) is 2. The van der Waals surface area contributed by atoms with Crippen LogP contribution in [0.15, 0.2) is 0 Å². The Kier molecular flexibility index (Phi) is 24.5. The summed E-state index contributed by atoms with van der Waals surface area (Å²) in [6, 6.07) is 0. The summed E-state index contributed by atoms with van der Waals surface area (Å²) in [4.78, 5) is 0. The van der Waals surface area contributed by atoms with E-state index in [1.54, 1.807) is 0 Å². The Labute approximate surface area is 180 Å². The van der Waals surface area contributed by atoms with Crippen LogP contribution in [0.3, 0.4) is 0 Å². The van der Waals surface area contributed by atoms with Gasteiger partial charge in [0.15, 0.2) is 0 Å². The first-order valence-corrected chi connectivity index (χ1v) is 12.3. The van der Waals surface area contributed by atoms with Gasteiger partial charge in [0.25, 0.3) is 0 Å². The summed E-state index contributed by atoms with van der Waals surface area (Å²) >= 11 is 2.09. The first kappa shape index (κ1) is 29.0. The van der Waals surface area contributed by atoms with E-state index >= 15 is 0 Å². The molecule has 0 spiro atoms. The molecule has 0 radical (unpaired) electrons. The fourth-order valence-electron chi connectivity index (χ4n) is 3.19. The van der Waals surface area contributed by atoms with E-state index in [4.69, 9.17) is 5.11 Å². The average molecular weight is 455 g/mol. The van der Waals surface area contributed by atoms with Crippen LogP contribution in [0.1, 0.15) is 96.8 Å². The SMILES string of the molecule is CCCCCCCCCCCCCCCCSCC[N+](C)(C)CCO.[Br-]. The van der Waals surface area contributed by atoms with Gasteiger partial charge in [-0.2, -0.15) is 11.8 Å². The lowest BCUT2D eigenvalue weighted by atomic mass is 10.0. The van der Waals surface area contributed by atoms with Gasteiger partial charge in [0.1, 0.15) is 6.54 Å². The van der Waals surface area contributed by atoms with Gasteiger partial charge < -0.3 is 26.6 Å². The molecule has 2 nitrogen and oxygen atoms in total. The molecule has 0 heterocycles. The van der Waals surface area contributed by atoms with Gasteiger partial charge in [0.2, 0.25) is 0 Å². The normalized spacial score (nSPS) is 11.5. The van der Waals surface area contributed by atoms with Crippen molar-refractivity contribution in [3.63, 3.8) is 0 Å². The van der Waals surface area contributed by atoms with Crippen LogP contribution in [0, 0.1) is 0 Å². The highest BCUT2D eigenvalue weighted by atomic mass is 79.9. The van der Waals surface area contributed by atoms with Crippen LogP contribution < -0.4 is 17.0 Å². The molecule has 160 valence electrons. The third kappa shape index (κ3) is 22.8. The van der Waals surface area contributed by atoms with Gasteiger partial charge in [-0.1, -0.05) is 90.4 Å². The Bertz CT molecular complexity index is 265. The first-order valence-electron chi connectivity index (χ1n) is 11.1. The summed E-state index contributed by atoms with van der Waals surface area (Å²) < 4.78 is 0.947. The molecule has 0 saturated heterocycles. The number of aliphatic hydroxyl groups excluding tert-OH is 1. The highest BCUT2D eigenvalue weighted by molar-refractivity contribution is 7.99. The van der Waals surface area contributed by atoms with E-state index in [9.17, 15) is 0 Å². The monoisotopic (exact) mass is 453 g/mol. The Morgan fingerprint density at radius 1 is 0.615 bits per heavy atom. The van der Waals surface area contributed by atoms with Crippen molar-refractivity contribution < 1.29 is 26.6 Å². The van der Waals surface area contributed by atoms with Crippen molar-refractivity contribution in [3.05, 3.63) is 0 Å². The summed E-state index contributed by atoms with van der Waals surface area (Å²) in [5.41, 5.74) is 0. The van der Waals surface area contributed by atoms with Crippen molar-refractivity contribution in [2.24, 2.45) is 0 Å². The van der Waals surface area contributed by atoms with Gasteiger partial charge in [-0.3, -0.25) is 0 Å². The zero-order valence-electron chi connectivity index (χ0n) is 18.1. The average Bonchev–Trinajstić information content (AvgIpc) is 2.57. The minimum Gasteiger partial charge on any atom is -1.00 e. The molecule has 0 aromatic heterocycles. The number of quaternary nitrogens is 1. The Balaban J connectivity index is 0. The quantitative estimate of drug-likeness (QED) is 0.225. The third-order valence-corrected chi connectivity index (χ3v) is 6.24. The molecule has 0 aliphatic rings. The number of nitrogens with zero attached hydrogens (tertiary/aromatic N) is 1. The van der Waals surface area contributed by atoms with Crippen LogP contribution in [0.4, 0.5) is 0 Å². The molecule has 0 aromatic carbocycles. The van der Waals surface area contributed by atoms with Crippen molar-refractivity contribution in [2.45, 2.75) is 96.8 Å². The largest absolute Gasteiger partial charge is 1.00 e. The van der Waals surface area contributed by atoms with E-state index in [1.807, 2.05) is 0 Å². The molecule has 0 unspecified atom stereocenters. The van der Waals surface area contributed by atoms with Crippen LogP contribution in [0.2, 0.25) is 0 Å². The van der Waals surface area contributed by atoms with Gasteiger partial charge in [-0.25, -0.2) is 0 Å². The molecule has 0 aliphatic carbocycles. The van der Waals surface area contributed by atoms with Crippen LogP contribution in [0.25, 0.3) is 0 Å². The smallest absolute Gasteiger partial charge is 0.102 e. The van der Waals surface area contributed by atoms with E-state index in [0.717, 1.165) is 11.0 Å². The van der Waals surface area contributed by atoms with Crippen LogP contribution in [0.5, 0.6) is 0 Å². The number of thioether (sulfide) groups is 1. The van der Waals surface area contributed by atoms with Gasteiger partial charge in [-0.15, -0.1) is 0 Å². The second-order valence-corrected chi connectivity index (χ2v) is 9.54. The van der Waals surface area contributed by atoms with E-state index in [2.05, 4.69) is 32.8 Å². The summed E-state index contributed by atoms with van der Waals surface area (Å²) in [6.07, 6.45) is 20.2. The number of hydrogen-bond donors (Lipinski definition) is 1. The lowest BCUT2D eigenvalue weighted by Crippen LogP contribution is -3.00. The number of likely N-dealkylation sites (N-methyl/N-ethyl adjacent to an activating group) is 1. The van der Waals surface area contributed by atoms with Crippen molar-refractivity contribution in [3.8, 4) is 0 Å². The molecular formula is C22H48BrNOS. The zero-order chi connectivity index (χ0) is 18.6. The standard InChI is InChI=1S/C22H48NOS.BrH/c1-4-5-6-7-8-9-10-11-12-13-14-15-16-17-21-25-22-19-23(2,3)18-20-24;/h24H,4-22H2,1-3H3;1H/q+1;/p-1. The van der Waals surface area contributed by atoms with Gasteiger partial charge >= 0.3 is 0 Å². The fourth-order valence-corrected chi connectivity index (χ4v) is 4.43. The molecule has 4 heteroatoms. The molecule has 0 atom stereocenters. The minimum atomic E-state index is 0. The number of halogens is 1. The summed E-state index contributed by atoms with van der Waals surface area (Å²) in [5, 5.41) is 9.02. The zero-order valence-corrected chi connectivity index (χ0v) is 20.5. The molecule has 1 N–H and O–H groups in total. The van der Waals surface area contributed by atoms with Crippen molar-refractivity contribution >= 4 is 11.8 Å². The van der Waals surface area contributed by atoms with E-state index < -0.39 is 0 Å². The van der Waals surface area contributed by atoms with Crippen LogP contribution >= 0.6 is 11.8 Å². The lowest BCUT2D eigenvalue weighted by Gasteiger charge is -2.28. The molecule has 0 saturated carbocycles. The minimum absolute atomic E-state index is 0. The summed E-state index contributed by atoms with van der Waals surface area (Å²) in [7, 11) is 4.42. The maximum absolute atomic E-state index is 9.02. The molecular weight excluding hydrogens is 406 g/mol. The van der Waals surface area contributed by atoms with Crippen molar-refractivity contribution in [1.82, 2.24) is 0 Å². The Hall–Kier alpha value is 0.750. The number of rotatable bonds is 20. The van der Waals surface area contributed by atoms with E-state index in [-0.39, 0.29) is 17.0 Å². The molecule has 0 fully saturated rings. The molecule has 26 heavy (non-hydrogen) atoms. The van der Waals surface area contributed by atoms with Crippen LogP contribution in [-0.2, 0) is 0 Å². The fraction of sp³-hybridized carbons (Fsp3) is 1.00. The van der Waals surface area contributed by atoms with Gasteiger partial charge in [0, 0.05) is 5.75 Å². The molecule has 0 aromatic rings. The highest BCUT2D eigenvalue weighted by Gasteiger charge is 2.12. The van der Waals surface area contributed by atoms with E-state index in [1.165, 1.54) is 108 Å². The Morgan fingerprint density at radius 3 is 1.46 bits per heavy atom. The van der Waals surface area contributed by atoms with Crippen LogP contribution in [-0.4, -0.2) is 54.9 Å². The number of aliphatic hydroxyl groups is 1. The summed E-state index contributed by atoms with van der Waals surface area (Å²) in [6.45, 7) is 4.64. The topological polar surface area (TPSA) is 20.2 Å². The van der Waals surface area contributed by atoms with Gasteiger partial charge in [-0.05, 0) is 12.2 Å². The van der Waals surface area contributed by atoms with Crippen molar-refractivity contribution in [1.29, 1.82) is 0 Å². The summed E-state index contributed by atoms with van der Waals surface area (Å²) in [5.74, 6) is 2.54. The maximum atomic E-state index is 9.02. The molecule has 0 aliphatic heterocycles. The number of unbranched alkanes of at least 4 members (excludes halogenated alkanes) is 13.